The third-order valence-corrected chi connectivity index (χ3v) is 4.19. The van der Waals surface area contributed by atoms with Gasteiger partial charge in [-0.3, -0.25) is 9.48 Å². The van der Waals surface area contributed by atoms with Crippen LogP contribution in [0.4, 0.5) is 18.9 Å². The molecule has 0 aliphatic carbocycles. The van der Waals surface area contributed by atoms with E-state index in [2.05, 4.69) is 10.4 Å². The van der Waals surface area contributed by atoms with Crippen LogP contribution in [0.2, 0.25) is 0 Å². The van der Waals surface area contributed by atoms with Crippen molar-refractivity contribution in [3.8, 4) is 17.0 Å². The molecule has 3 rings (SSSR count). The van der Waals surface area contributed by atoms with Gasteiger partial charge in [0.25, 0.3) is 5.91 Å². The molecule has 1 aromatic heterocycles. The second-order valence-corrected chi connectivity index (χ2v) is 6.19. The number of alkyl halides is 3. The third kappa shape index (κ3) is 4.57. The maximum absolute atomic E-state index is 13.2. The Morgan fingerprint density at radius 1 is 1.21 bits per heavy atom. The van der Waals surface area contributed by atoms with Gasteiger partial charge < -0.3 is 15.8 Å². The lowest BCUT2D eigenvalue weighted by Gasteiger charge is -2.15. The molecule has 1 amide bonds. The van der Waals surface area contributed by atoms with E-state index < -0.39 is 23.2 Å². The number of nitrogens with one attached hydrogen (secondary N) is 1. The molecule has 0 spiro atoms. The van der Waals surface area contributed by atoms with Gasteiger partial charge in [0.05, 0.1) is 16.8 Å². The first-order valence-electron chi connectivity index (χ1n) is 8.74. The van der Waals surface area contributed by atoms with Gasteiger partial charge in [-0.1, -0.05) is 12.1 Å². The highest BCUT2D eigenvalue weighted by Crippen LogP contribution is 2.34. The molecular weight excluding hydrogens is 385 g/mol. The molecule has 0 aliphatic heterocycles. The Hall–Kier alpha value is -3.33. The monoisotopic (exact) mass is 404 g/mol. The van der Waals surface area contributed by atoms with Crippen LogP contribution in [-0.2, 0) is 13.2 Å². The Labute approximate surface area is 165 Å². The van der Waals surface area contributed by atoms with Crippen molar-refractivity contribution in [2.75, 3.05) is 18.5 Å². The van der Waals surface area contributed by atoms with Crippen LogP contribution in [-0.4, -0.2) is 28.8 Å². The van der Waals surface area contributed by atoms with E-state index in [-0.39, 0.29) is 6.61 Å². The third-order valence-electron chi connectivity index (χ3n) is 4.19. The standard InChI is InChI=1S/C20H19F3N4O2/c1-27-17(8-10-25-27)15-12-13(6-7-18(15)29-11-9-24)26-19(28)14-4-2-3-5-16(14)20(21,22)23/h2-8,10,12H,9,11,24H2,1H3,(H,26,28). The summed E-state index contributed by atoms with van der Waals surface area (Å²) in [4.78, 5) is 12.5. The number of carbonyl (C=O) groups excluding carboxylic acids is 1. The first kappa shape index (κ1) is 20.4. The molecule has 1 heterocycles. The molecule has 0 saturated heterocycles. The fourth-order valence-corrected chi connectivity index (χ4v) is 2.87. The van der Waals surface area contributed by atoms with Crippen molar-refractivity contribution in [1.29, 1.82) is 0 Å². The largest absolute Gasteiger partial charge is 0.492 e. The maximum atomic E-state index is 13.2. The van der Waals surface area contributed by atoms with Gasteiger partial charge in [-0.2, -0.15) is 18.3 Å². The zero-order valence-corrected chi connectivity index (χ0v) is 15.5. The molecule has 0 fully saturated rings. The van der Waals surface area contributed by atoms with Gasteiger partial charge in [-0.25, -0.2) is 0 Å². The van der Waals surface area contributed by atoms with Crippen LogP contribution < -0.4 is 15.8 Å². The molecule has 6 nitrogen and oxygen atoms in total. The van der Waals surface area contributed by atoms with Crippen LogP contribution in [0.1, 0.15) is 15.9 Å². The fraction of sp³-hybridized carbons (Fsp3) is 0.200. The Balaban J connectivity index is 1.95. The number of hydrogen-bond donors (Lipinski definition) is 2. The summed E-state index contributed by atoms with van der Waals surface area (Å²) in [5.41, 5.74) is 5.71. The van der Waals surface area contributed by atoms with Crippen molar-refractivity contribution in [1.82, 2.24) is 9.78 Å². The molecule has 0 saturated carbocycles. The van der Waals surface area contributed by atoms with Crippen LogP contribution in [0.15, 0.2) is 54.7 Å². The Kier molecular flexibility index (Phi) is 5.88. The topological polar surface area (TPSA) is 82.2 Å². The van der Waals surface area contributed by atoms with E-state index in [0.29, 0.717) is 29.2 Å². The normalized spacial score (nSPS) is 11.3. The summed E-state index contributed by atoms with van der Waals surface area (Å²) < 4.78 is 46.9. The zero-order chi connectivity index (χ0) is 21.0. The van der Waals surface area contributed by atoms with Crippen LogP contribution >= 0.6 is 0 Å². The predicted molar refractivity (Wildman–Crippen MR) is 103 cm³/mol. The SMILES string of the molecule is Cn1nccc1-c1cc(NC(=O)c2ccccc2C(F)(F)F)ccc1OCCN. The molecule has 9 heteroatoms. The number of nitrogens with zero attached hydrogens (tertiary/aromatic N) is 2. The molecule has 2 aromatic carbocycles. The molecule has 152 valence electrons. The molecular formula is C20H19F3N4O2. The van der Waals surface area contributed by atoms with Crippen molar-refractivity contribution in [2.45, 2.75) is 6.18 Å². The number of benzene rings is 2. The molecule has 3 N–H and O–H groups in total. The number of aromatic nitrogens is 2. The lowest BCUT2D eigenvalue weighted by atomic mass is 10.1. The molecule has 3 aromatic rings. The van der Waals surface area contributed by atoms with E-state index in [1.807, 2.05) is 0 Å². The average molecular weight is 404 g/mol. The van der Waals surface area contributed by atoms with Gasteiger partial charge in [0, 0.05) is 31.0 Å². The molecule has 0 radical (unpaired) electrons. The van der Waals surface area contributed by atoms with Gasteiger partial charge >= 0.3 is 6.18 Å². The Bertz CT molecular complexity index is 1010. The van der Waals surface area contributed by atoms with Gasteiger partial charge in [-0.15, -0.1) is 0 Å². The number of rotatable bonds is 6. The molecule has 29 heavy (non-hydrogen) atoms. The molecule has 0 unspecified atom stereocenters. The number of anilines is 1. The minimum absolute atomic E-state index is 0.287. The lowest BCUT2D eigenvalue weighted by molar-refractivity contribution is -0.137. The van der Waals surface area contributed by atoms with Crippen molar-refractivity contribution in [3.63, 3.8) is 0 Å². The van der Waals surface area contributed by atoms with Gasteiger partial charge in [0.15, 0.2) is 0 Å². The van der Waals surface area contributed by atoms with Crippen molar-refractivity contribution >= 4 is 11.6 Å². The predicted octanol–water partition coefficient (Wildman–Crippen LogP) is 3.70. The van der Waals surface area contributed by atoms with E-state index in [4.69, 9.17) is 10.5 Å². The van der Waals surface area contributed by atoms with E-state index in [9.17, 15) is 18.0 Å². The number of nitrogens with two attached hydrogens (primary N) is 1. The van der Waals surface area contributed by atoms with Gasteiger partial charge in [0.2, 0.25) is 0 Å². The van der Waals surface area contributed by atoms with E-state index >= 15 is 0 Å². The molecule has 0 aliphatic rings. The molecule has 0 bridgehead atoms. The maximum Gasteiger partial charge on any atom is 0.417 e. The van der Waals surface area contributed by atoms with Crippen molar-refractivity contribution in [3.05, 3.63) is 65.9 Å². The van der Waals surface area contributed by atoms with Crippen LogP contribution in [0, 0.1) is 0 Å². The summed E-state index contributed by atoms with van der Waals surface area (Å²) >= 11 is 0. The molecule has 0 atom stereocenters. The van der Waals surface area contributed by atoms with E-state index in [1.54, 1.807) is 42.2 Å². The average Bonchev–Trinajstić information content (AvgIpc) is 3.12. The first-order valence-corrected chi connectivity index (χ1v) is 8.74. The highest BCUT2D eigenvalue weighted by molar-refractivity contribution is 6.05. The van der Waals surface area contributed by atoms with Crippen molar-refractivity contribution in [2.24, 2.45) is 12.8 Å². The summed E-state index contributed by atoms with van der Waals surface area (Å²) in [6, 6.07) is 11.2. The Morgan fingerprint density at radius 3 is 2.62 bits per heavy atom. The number of amides is 1. The van der Waals surface area contributed by atoms with Crippen LogP contribution in [0.3, 0.4) is 0 Å². The fourth-order valence-electron chi connectivity index (χ4n) is 2.87. The van der Waals surface area contributed by atoms with E-state index in [0.717, 1.165) is 12.1 Å². The number of halogens is 3. The summed E-state index contributed by atoms with van der Waals surface area (Å²) in [5.74, 6) is -0.336. The van der Waals surface area contributed by atoms with Gasteiger partial charge in [0.1, 0.15) is 12.4 Å². The minimum atomic E-state index is -4.63. The van der Waals surface area contributed by atoms with Gasteiger partial charge in [-0.05, 0) is 36.4 Å². The highest BCUT2D eigenvalue weighted by Gasteiger charge is 2.34. The van der Waals surface area contributed by atoms with Crippen molar-refractivity contribution < 1.29 is 22.7 Å². The van der Waals surface area contributed by atoms with Crippen LogP contribution in [0.5, 0.6) is 5.75 Å². The number of ether oxygens (including phenoxy) is 1. The summed E-state index contributed by atoms with van der Waals surface area (Å²) in [6.07, 6.45) is -3.03. The second kappa shape index (κ2) is 8.36. The number of hydrogen-bond acceptors (Lipinski definition) is 4. The highest BCUT2D eigenvalue weighted by atomic mass is 19.4. The quantitative estimate of drug-likeness (QED) is 0.657. The van der Waals surface area contributed by atoms with E-state index in [1.165, 1.54) is 12.1 Å². The first-order chi connectivity index (χ1) is 13.8. The summed E-state index contributed by atoms with van der Waals surface area (Å²) in [6.45, 7) is 0.604. The number of aryl methyl sites for hydroxylation is 1. The van der Waals surface area contributed by atoms with Crippen LogP contribution in [0.25, 0.3) is 11.3 Å². The second-order valence-electron chi connectivity index (χ2n) is 6.19. The Morgan fingerprint density at radius 2 is 1.97 bits per heavy atom. The number of carbonyl (C=O) groups is 1. The minimum Gasteiger partial charge on any atom is -0.492 e. The lowest BCUT2D eigenvalue weighted by Crippen LogP contribution is -2.18. The summed E-state index contributed by atoms with van der Waals surface area (Å²) in [5, 5.41) is 6.64. The summed E-state index contributed by atoms with van der Waals surface area (Å²) in [7, 11) is 1.74. The smallest absolute Gasteiger partial charge is 0.417 e. The zero-order valence-electron chi connectivity index (χ0n) is 15.5.